The Bertz CT molecular complexity index is 406. The number of rotatable bonds is 4. The van der Waals surface area contributed by atoms with Crippen LogP contribution in [-0.4, -0.2) is 40.2 Å². The van der Waals surface area contributed by atoms with Crippen LogP contribution in [0.25, 0.3) is 0 Å². The lowest BCUT2D eigenvalue weighted by Gasteiger charge is -2.34. The maximum absolute atomic E-state index is 12.1. The first-order valence-electron chi connectivity index (χ1n) is 6.39. The number of aliphatic hydroxyl groups excluding tert-OH is 1. The zero-order valence-corrected chi connectivity index (χ0v) is 10.9. The minimum absolute atomic E-state index is 0.0493. The highest BCUT2D eigenvalue weighted by atomic mass is 16.3. The summed E-state index contributed by atoms with van der Waals surface area (Å²) in [7, 11) is 0. The van der Waals surface area contributed by atoms with Gasteiger partial charge in [0.1, 0.15) is 0 Å². The molecule has 18 heavy (non-hydrogen) atoms. The highest BCUT2D eigenvalue weighted by molar-refractivity contribution is 5.79. The molecule has 1 aliphatic rings. The second-order valence-corrected chi connectivity index (χ2v) is 4.85. The third-order valence-electron chi connectivity index (χ3n) is 3.26. The summed E-state index contributed by atoms with van der Waals surface area (Å²) in [6.45, 7) is 4.54. The summed E-state index contributed by atoms with van der Waals surface area (Å²) in [4.78, 5) is 12.1. The van der Waals surface area contributed by atoms with E-state index in [1.165, 1.54) is 0 Å². The first-order chi connectivity index (χ1) is 8.65. The van der Waals surface area contributed by atoms with E-state index in [0.29, 0.717) is 13.0 Å². The molecule has 1 aromatic rings. The van der Waals surface area contributed by atoms with Gasteiger partial charge >= 0.3 is 0 Å². The molecule has 2 rings (SSSR count). The second kappa shape index (κ2) is 5.50. The third kappa shape index (κ3) is 2.40. The van der Waals surface area contributed by atoms with Crippen LogP contribution in [0.3, 0.4) is 0 Å². The Morgan fingerprint density at radius 2 is 2.00 bits per heavy atom. The predicted molar refractivity (Wildman–Crippen MR) is 69.6 cm³/mol. The number of carbonyl (C=O) groups is 1. The Kier molecular flexibility index (Phi) is 3.99. The summed E-state index contributed by atoms with van der Waals surface area (Å²) in [5, 5.41) is 13.0. The lowest BCUT2D eigenvalue weighted by atomic mass is 10.0. The average molecular weight is 248 g/mol. The van der Waals surface area contributed by atoms with Gasteiger partial charge in [0.05, 0.1) is 12.6 Å². The van der Waals surface area contributed by atoms with E-state index < -0.39 is 0 Å². The van der Waals surface area contributed by atoms with Crippen molar-refractivity contribution in [2.45, 2.75) is 32.4 Å². The van der Waals surface area contributed by atoms with Crippen molar-refractivity contribution in [1.82, 2.24) is 10.0 Å². The number of hydrogen-bond donors (Lipinski definition) is 1. The van der Waals surface area contributed by atoms with E-state index in [4.69, 9.17) is 0 Å². The van der Waals surface area contributed by atoms with E-state index in [1.807, 2.05) is 49.2 Å². The molecule has 1 aromatic carbocycles. The van der Waals surface area contributed by atoms with E-state index in [-0.39, 0.29) is 24.6 Å². The molecule has 0 spiro atoms. The van der Waals surface area contributed by atoms with Crippen LogP contribution in [0, 0.1) is 0 Å². The van der Waals surface area contributed by atoms with Crippen LogP contribution in [0.4, 0.5) is 0 Å². The highest BCUT2D eigenvalue weighted by Gasteiger charge is 2.39. The lowest BCUT2D eigenvalue weighted by Crippen LogP contribution is -2.45. The number of carbonyl (C=O) groups excluding carboxylic acids is 1. The van der Waals surface area contributed by atoms with Crippen molar-refractivity contribution in [3.8, 4) is 0 Å². The van der Waals surface area contributed by atoms with Crippen molar-refractivity contribution in [1.29, 1.82) is 0 Å². The summed E-state index contributed by atoms with van der Waals surface area (Å²) in [5.41, 5.74) is 1.13. The van der Waals surface area contributed by atoms with Crippen LogP contribution in [0.15, 0.2) is 30.3 Å². The van der Waals surface area contributed by atoms with Gasteiger partial charge in [0.15, 0.2) is 0 Å². The third-order valence-corrected chi connectivity index (χ3v) is 3.26. The molecule has 0 saturated carbocycles. The number of aliphatic hydroxyl groups is 1. The number of benzene rings is 1. The Morgan fingerprint density at radius 1 is 1.33 bits per heavy atom. The van der Waals surface area contributed by atoms with Crippen LogP contribution in [0.5, 0.6) is 0 Å². The van der Waals surface area contributed by atoms with E-state index in [0.717, 1.165) is 5.56 Å². The van der Waals surface area contributed by atoms with E-state index in [9.17, 15) is 9.90 Å². The van der Waals surface area contributed by atoms with Gasteiger partial charge in [0.25, 0.3) is 0 Å². The van der Waals surface area contributed by atoms with Crippen molar-refractivity contribution >= 4 is 5.91 Å². The molecule has 0 aromatic heterocycles. The van der Waals surface area contributed by atoms with Gasteiger partial charge in [-0.25, -0.2) is 5.01 Å². The Hall–Kier alpha value is -1.39. The standard InChI is InChI=1S/C14H20N2O2/c1-11(2)16-14(18)10-13(15(16)8-9-17)12-6-4-3-5-7-12/h3-7,11,13,17H,8-10H2,1-2H3. The number of nitrogens with zero attached hydrogens (tertiary/aromatic N) is 2. The minimum atomic E-state index is 0.0493. The molecule has 4 nitrogen and oxygen atoms in total. The summed E-state index contributed by atoms with van der Waals surface area (Å²) in [5.74, 6) is 0.132. The fourth-order valence-corrected chi connectivity index (χ4v) is 2.57. The fourth-order valence-electron chi connectivity index (χ4n) is 2.57. The van der Waals surface area contributed by atoms with Crippen LogP contribution in [0.1, 0.15) is 31.9 Å². The molecule has 1 heterocycles. The van der Waals surface area contributed by atoms with Crippen molar-refractivity contribution < 1.29 is 9.90 Å². The summed E-state index contributed by atoms with van der Waals surface area (Å²) in [6, 6.07) is 10.2. The topological polar surface area (TPSA) is 43.8 Å². The SMILES string of the molecule is CC(C)N1C(=O)CC(c2ccccc2)N1CCO. The normalized spacial score (nSPS) is 21.0. The highest BCUT2D eigenvalue weighted by Crippen LogP contribution is 2.33. The van der Waals surface area contributed by atoms with Gasteiger partial charge in [-0.3, -0.25) is 9.80 Å². The quantitative estimate of drug-likeness (QED) is 0.879. The van der Waals surface area contributed by atoms with Gasteiger partial charge in [-0.05, 0) is 19.4 Å². The summed E-state index contributed by atoms with van der Waals surface area (Å²) >= 11 is 0. The summed E-state index contributed by atoms with van der Waals surface area (Å²) in [6.07, 6.45) is 0.488. The zero-order chi connectivity index (χ0) is 13.1. The Balaban J connectivity index is 2.28. The van der Waals surface area contributed by atoms with Gasteiger partial charge < -0.3 is 5.11 Å². The van der Waals surface area contributed by atoms with Crippen LogP contribution in [-0.2, 0) is 4.79 Å². The minimum Gasteiger partial charge on any atom is -0.395 e. The largest absolute Gasteiger partial charge is 0.395 e. The molecule has 4 heteroatoms. The number of hydrazine groups is 1. The monoisotopic (exact) mass is 248 g/mol. The van der Waals surface area contributed by atoms with Gasteiger partial charge in [0.2, 0.25) is 5.91 Å². The molecule has 0 radical (unpaired) electrons. The van der Waals surface area contributed by atoms with Crippen molar-refractivity contribution in [2.24, 2.45) is 0 Å². The molecule has 1 unspecified atom stereocenters. The first-order valence-corrected chi connectivity index (χ1v) is 6.39. The first kappa shape index (κ1) is 13.1. The average Bonchev–Trinajstić information content (AvgIpc) is 2.68. The second-order valence-electron chi connectivity index (χ2n) is 4.85. The van der Waals surface area contributed by atoms with E-state index in [1.54, 1.807) is 5.01 Å². The van der Waals surface area contributed by atoms with Crippen molar-refractivity contribution in [2.75, 3.05) is 13.2 Å². The maximum Gasteiger partial charge on any atom is 0.239 e. The predicted octanol–water partition coefficient (Wildman–Crippen LogP) is 1.58. The van der Waals surface area contributed by atoms with Crippen LogP contribution >= 0.6 is 0 Å². The Morgan fingerprint density at radius 3 is 2.56 bits per heavy atom. The molecule has 1 saturated heterocycles. The fraction of sp³-hybridized carbons (Fsp3) is 0.500. The maximum atomic E-state index is 12.1. The molecule has 1 aliphatic heterocycles. The molecule has 0 bridgehead atoms. The van der Waals surface area contributed by atoms with Gasteiger partial charge in [-0.1, -0.05) is 30.3 Å². The number of amides is 1. The van der Waals surface area contributed by atoms with Crippen molar-refractivity contribution in [3.05, 3.63) is 35.9 Å². The molecular weight excluding hydrogens is 228 g/mol. The molecule has 1 fully saturated rings. The molecular formula is C14H20N2O2. The molecule has 0 aliphatic carbocycles. The van der Waals surface area contributed by atoms with E-state index in [2.05, 4.69) is 0 Å². The van der Waals surface area contributed by atoms with Crippen molar-refractivity contribution in [3.63, 3.8) is 0 Å². The smallest absolute Gasteiger partial charge is 0.239 e. The van der Waals surface area contributed by atoms with Gasteiger partial charge in [0, 0.05) is 19.0 Å². The van der Waals surface area contributed by atoms with Crippen LogP contribution < -0.4 is 0 Å². The lowest BCUT2D eigenvalue weighted by molar-refractivity contribution is -0.143. The molecule has 1 amide bonds. The Labute approximate surface area is 108 Å². The molecule has 1 atom stereocenters. The number of hydrogen-bond acceptors (Lipinski definition) is 3. The number of β-amino-alcohol motifs (C(OH)–C–C–N with tert-alkyl or cyclic N) is 1. The van der Waals surface area contributed by atoms with Gasteiger partial charge in [-0.15, -0.1) is 0 Å². The van der Waals surface area contributed by atoms with Crippen LogP contribution in [0.2, 0.25) is 0 Å². The summed E-state index contributed by atoms with van der Waals surface area (Å²) < 4.78 is 0. The zero-order valence-electron chi connectivity index (χ0n) is 10.9. The van der Waals surface area contributed by atoms with E-state index >= 15 is 0 Å². The molecule has 1 N–H and O–H groups in total. The van der Waals surface area contributed by atoms with Gasteiger partial charge in [-0.2, -0.15) is 0 Å². The molecule has 98 valence electrons.